The number of aryl methyl sites for hydroxylation is 3. The van der Waals surface area contributed by atoms with Crippen LogP contribution in [0.1, 0.15) is 56.9 Å². The minimum atomic E-state index is -0.984. The van der Waals surface area contributed by atoms with Crippen LogP contribution in [0, 0.1) is 13.8 Å². The number of hydrogen-bond donors (Lipinski definition) is 2. The average molecular weight is 407 g/mol. The van der Waals surface area contributed by atoms with Crippen molar-refractivity contribution >= 4 is 11.9 Å². The Morgan fingerprint density at radius 3 is 2.30 bits per heavy atom. The van der Waals surface area contributed by atoms with Crippen molar-refractivity contribution in [2.24, 2.45) is 7.05 Å². The van der Waals surface area contributed by atoms with Crippen molar-refractivity contribution in [1.29, 1.82) is 0 Å². The summed E-state index contributed by atoms with van der Waals surface area (Å²) in [6, 6.07) is 13.8. The maximum atomic E-state index is 13.1. The summed E-state index contributed by atoms with van der Waals surface area (Å²) in [7, 11) is 1.73. The van der Waals surface area contributed by atoms with E-state index in [1.807, 2.05) is 38.1 Å². The third-order valence-electron chi connectivity index (χ3n) is 4.91. The molecule has 0 aliphatic rings. The Bertz CT molecular complexity index is 1050. The number of hydrogen-bond acceptors (Lipinski definition) is 4. The van der Waals surface area contributed by atoms with Gasteiger partial charge in [0.1, 0.15) is 11.3 Å². The van der Waals surface area contributed by atoms with Gasteiger partial charge in [-0.05, 0) is 50.1 Å². The number of ether oxygens (including phenoxy) is 1. The normalized spacial score (nSPS) is 11.7. The van der Waals surface area contributed by atoms with Gasteiger partial charge in [-0.3, -0.25) is 4.79 Å². The molecular weight excluding hydrogens is 382 g/mol. The summed E-state index contributed by atoms with van der Waals surface area (Å²) in [6.45, 7) is 5.71. The summed E-state index contributed by atoms with van der Waals surface area (Å²) < 4.78 is 7.52. The largest absolute Gasteiger partial charge is 0.478 e. The number of aromatic carboxylic acids is 1. The van der Waals surface area contributed by atoms with E-state index in [0.717, 1.165) is 11.1 Å². The van der Waals surface area contributed by atoms with Gasteiger partial charge in [0.2, 0.25) is 5.88 Å². The SMILES string of the molecule is CCC(NC(=O)c1c(C)nn(C)c1Oc1ccc(C)cc1)c1ccc(C(=O)O)cc1. The van der Waals surface area contributed by atoms with Gasteiger partial charge in [0.25, 0.3) is 5.91 Å². The molecule has 1 heterocycles. The zero-order chi connectivity index (χ0) is 21.8. The van der Waals surface area contributed by atoms with E-state index < -0.39 is 5.97 Å². The van der Waals surface area contributed by atoms with Crippen LogP contribution in [0.3, 0.4) is 0 Å². The molecule has 1 aromatic heterocycles. The Morgan fingerprint density at radius 2 is 1.73 bits per heavy atom. The van der Waals surface area contributed by atoms with E-state index in [-0.39, 0.29) is 17.5 Å². The first kappa shape index (κ1) is 21.1. The van der Waals surface area contributed by atoms with Crippen LogP contribution in [-0.2, 0) is 7.05 Å². The summed E-state index contributed by atoms with van der Waals surface area (Å²) in [4.78, 5) is 24.2. The lowest BCUT2D eigenvalue weighted by atomic mass is 10.0. The highest BCUT2D eigenvalue weighted by Crippen LogP contribution is 2.28. The molecule has 0 spiro atoms. The molecule has 0 bridgehead atoms. The first-order valence-corrected chi connectivity index (χ1v) is 9.72. The fraction of sp³-hybridized carbons (Fsp3) is 0.261. The maximum Gasteiger partial charge on any atom is 0.335 e. The molecule has 1 unspecified atom stereocenters. The fourth-order valence-electron chi connectivity index (χ4n) is 3.24. The summed E-state index contributed by atoms with van der Waals surface area (Å²) >= 11 is 0. The number of aromatic nitrogens is 2. The molecule has 0 aliphatic carbocycles. The van der Waals surface area contributed by atoms with Crippen molar-refractivity contribution in [3.05, 3.63) is 76.5 Å². The molecule has 30 heavy (non-hydrogen) atoms. The first-order chi connectivity index (χ1) is 14.3. The molecule has 0 fully saturated rings. The molecule has 2 N–H and O–H groups in total. The van der Waals surface area contributed by atoms with E-state index in [2.05, 4.69) is 10.4 Å². The van der Waals surface area contributed by atoms with Gasteiger partial charge in [-0.2, -0.15) is 5.10 Å². The maximum absolute atomic E-state index is 13.1. The number of carbonyl (C=O) groups excluding carboxylic acids is 1. The van der Waals surface area contributed by atoms with E-state index in [4.69, 9.17) is 9.84 Å². The van der Waals surface area contributed by atoms with Gasteiger partial charge in [-0.1, -0.05) is 36.8 Å². The molecule has 7 heteroatoms. The number of amides is 1. The molecule has 3 aromatic rings. The smallest absolute Gasteiger partial charge is 0.335 e. The first-order valence-electron chi connectivity index (χ1n) is 9.72. The van der Waals surface area contributed by atoms with Gasteiger partial charge >= 0.3 is 5.97 Å². The summed E-state index contributed by atoms with van der Waals surface area (Å²) in [5.41, 5.74) is 3.09. The lowest BCUT2D eigenvalue weighted by Crippen LogP contribution is -2.28. The second-order valence-corrected chi connectivity index (χ2v) is 7.17. The van der Waals surface area contributed by atoms with Crippen molar-refractivity contribution in [1.82, 2.24) is 15.1 Å². The second kappa shape index (κ2) is 8.82. The fourth-order valence-corrected chi connectivity index (χ4v) is 3.24. The number of benzene rings is 2. The zero-order valence-corrected chi connectivity index (χ0v) is 17.5. The van der Waals surface area contributed by atoms with E-state index >= 15 is 0 Å². The summed E-state index contributed by atoms with van der Waals surface area (Å²) in [6.07, 6.45) is 0.644. The van der Waals surface area contributed by atoms with E-state index in [1.165, 1.54) is 12.1 Å². The molecule has 0 aliphatic heterocycles. The number of rotatable bonds is 7. The standard InChI is InChI=1S/C23H25N3O4/c1-5-19(16-8-10-17(11-9-16)23(28)29)24-21(27)20-15(3)25-26(4)22(20)30-18-12-6-14(2)7-13-18/h6-13,19H,5H2,1-4H3,(H,24,27)(H,28,29). The summed E-state index contributed by atoms with van der Waals surface area (Å²) in [5.74, 6) is -0.293. The van der Waals surface area contributed by atoms with Crippen LogP contribution in [0.25, 0.3) is 0 Å². The van der Waals surface area contributed by atoms with Crippen molar-refractivity contribution in [2.45, 2.75) is 33.2 Å². The van der Waals surface area contributed by atoms with Crippen molar-refractivity contribution < 1.29 is 19.4 Å². The quantitative estimate of drug-likeness (QED) is 0.605. The van der Waals surface area contributed by atoms with Crippen LogP contribution in [0.4, 0.5) is 0 Å². The predicted octanol–water partition coefficient (Wildman–Crippen LogP) is 4.41. The van der Waals surface area contributed by atoms with Gasteiger partial charge in [0.15, 0.2) is 0 Å². The van der Waals surface area contributed by atoms with Crippen LogP contribution < -0.4 is 10.1 Å². The zero-order valence-electron chi connectivity index (χ0n) is 17.5. The van der Waals surface area contributed by atoms with Crippen LogP contribution in [-0.4, -0.2) is 26.8 Å². The third-order valence-corrected chi connectivity index (χ3v) is 4.91. The topological polar surface area (TPSA) is 93.5 Å². The van der Waals surface area contributed by atoms with Crippen LogP contribution in [0.2, 0.25) is 0 Å². The molecule has 3 rings (SSSR count). The Balaban J connectivity index is 1.85. The minimum Gasteiger partial charge on any atom is -0.478 e. The van der Waals surface area contributed by atoms with E-state index in [0.29, 0.717) is 29.3 Å². The molecule has 2 aromatic carbocycles. The highest BCUT2D eigenvalue weighted by molar-refractivity contribution is 5.98. The molecule has 0 saturated heterocycles. The van der Waals surface area contributed by atoms with Gasteiger partial charge in [-0.15, -0.1) is 0 Å². The molecule has 0 saturated carbocycles. The van der Waals surface area contributed by atoms with Gasteiger partial charge < -0.3 is 15.2 Å². The lowest BCUT2D eigenvalue weighted by molar-refractivity contribution is 0.0696. The highest BCUT2D eigenvalue weighted by Gasteiger charge is 2.24. The van der Waals surface area contributed by atoms with Crippen molar-refractivity contribution in [3.63, 3.8) is 0 Å². The number of carbonyl (C=O) groups is 2. The monoisotopic (exact) mass is 407 g/mol. The Morgan fingerprint density at radius 1 is 1.10 bits per heavy atom. The molecule has 156 valence electrons. The van der Waals surface area contributed by atoms with Gasteiger partial charge in [0.05, 0.1) is 17.3 Å². The molecule has 1 amide bonds. The molecular formula is C23H25N3O4. The van der Waals surface area contributed by atoms with E-state index in [9.17, 15) is 9.59 Å². The van der Waals surface area contributed by atoms with Gasteiger partial charge in [0, 0.05) is 7.05 Å². The number of nitrogens with zero attached hydrogens (tertiary/aromatic N) is 2. The predicted molar refractivity (Wildman–Crippen MR) is 113 cm³/mol. The van der Waals surface area contributed by atoms with E-state index in [1.54, 1.807) is 30.8 Å². The van der Waals surface area contributed by atoms with Crippen molar-refractivity contribution in [3.8, 4) is 11.6 Å². The highest BCUT2D eigenvalue weighted by atomic mass is 16.5. The second-order valence-electron chi connectivity index (χ2n) is 7.17. The number of nitrogens with one attached hydrogen (secondary N) is 1. The van der Waals surface area contributed by atoms with Crippen LogP contribution in [0.5, 0.6) is 11.6 Å². The summed E-state index contributed by atoms with van der Waals surface area (Å²) in [5, 5.41) is 16.4. The van der Waals surface area contributed by atoms with Crippen LogP contribution >= 0.6 is 0 Å². The Hall–Kier alpha value is -3.61. The molecule has 0 radical (unpaired) electrons. The molecule has 1 atom stereocenters. The Kier molecular flexibility index (Phi) is 6.20. The molecule has 7 nitrogen and oxygen atoms in total. The average Bonchev–Trinajstić information content (AvgIpc) is 3.00. The lowest BCUT2D eigenvalue weighted by Gasteiger charge is -2.18. The van der Waals surface area contributed by atoms with Gasteiger partial charge in [-0.25, -0.2) is 9.48 Å². The number of carboxylic acid groups (broad SMARTS) is 1. The number of carboxylic acids is 1. The van der Waals surface area contributed by atoms with Crippen molar-refractivity contribution in [2.75, 3.05) is 0 Å². The third kappa shape index (κ3) is 4.51. The van der Waals surface area contributed by atoms with Crippen LogP contribution in [0.15, 0.2) is 48.5 Å². The Labute approximate surface area is 175 Å². The minimum absolute atomic E-state index is 0.205.